The molecule has 0 bridgehead atoms. The fraction of sp³-hybridized carbons (Fsp3) is 0.542. The summed E-state index contributed by atoms with van der Waals surface area (Å²) in [5.41, 5.74) is 3.10. The summed E-state index contributed by atoms with van der Waals surface area (Å²) in [6, 6.07) is 7.91. The van der Waals surface area contributed by atoms with Gasteiger partial charge in [0, 0.05) is 6.42 Å². The van der Waals surface area contributed by atoms with Gasteiger partial charge in [-0.25, -0.2) is 0 Å². The molecule has 2 fully saturated rings. The van der Waals surface area contributed by atoms with Gasteiger partial charge < -0.3 is 5.11 Å². The van der Waals surface area contributed by atoms with Crippen molar-refractivity contribution >= 4 is 5.78 Å². The second kappa shape index (κ2) is 7.06. The molecule has 0 saturated heterocycles. The summed E-state index contributed by atoms with van der Waals surface area (Å²) in [5.74, 6) is 2.51. The maximum atomic E-state index is 11.8. The Morgan fingerprint density at radius 3 is 2.69 bits per heavy atom. The zero-order valence-electron chi connectivity index (χ0n) is 15.8. The maximum Gasteiger partial charge on any atom is 0.156 e. The van der Waals surface area contributed by atoms with E-state index in [0.29, 0.717) is 29.4 Å². The molecule has 138 valence electrons. The minimum Gasteiger partial charge on any atom is -0.508 e. The topological polar surface area (TPSA) is 37.3 Å². The number of aromatic hydroxyl groups is 1. The van der Waals surface area contributed by atoms with Gasteiger partial charge in [0.25, 0.3) is 0 Å². The van der Waals surface area contributed by atoms with Crippen molar-refractivity contribution in [1.82, 2.24) is 0 Å². The van der Waals surface area contributed by atoms with Gasteiger partial charge in [-0.1, -0.05) is 50.5 Å². The lowest BCUT2D eigenvalue weighted by molar-refractivity contribution is -0.114. The summed E-state index contributed by atoms with van der Waals surface area (Å²) in [7, 11) is 0. The third kappa shape index (κ3) is 3.15. The Hall–Kier alpha value is -1.83. The van der Waals surface area contributed by atoms with Crippen molar-refractivity contribution in [2.75, 3.05) is 0 Å². The Balaban J connectivity index is 1.69. The fourth-order valence-electron chi connectivity index (χ4n) is 5.84. The van der Waals surface area contributed by atoms with Crippen LogP contribution in [-0.2, 0) is 4.79 Å². The van der Waals surface area contributed by atoms with Gasteiger partial charge in [-0.2, -0.15) is 0 Å². The molecule has 2 heteroatoms. The number of allylic oxidation sites excluding steroid dienone is 4. The van der Waals surface area contributed by atoms with Crippen LogP contribution in [0.5, 0.6) is 5.75 Å². The van der Waals surface area contributed by atoms with Crippen LogP contribution in [-0.4, -0.2) is 10.9 Å². The highest BCUT2D eigenvalue weighted by molar-refractivity contribution is 5.90. The molecule has 26 heavy (non-hydrogen) atoms. The molecule has 1 spiro atoms. The molecule has 3 aliphatic carbocycles. The average Bonchev–Trinajstić information content (AvgIpc) is 2.95. The van der Waals surface area contributed by atoms with Gasteiger partial charge in [0.1, 0.15) is 5.75 Å². The number of hydrogen-bond acceptors (Lipinski definition) is 2. The molecule has 0 amide bonds. The van der Waals surface area contributed by atoms with Crippen molar-refractivity contribution in [1.29, 1.82) is 0 Å². The first-order valence-electron chi connectivity index (χ1n) is 10.3. The van der Waals surface area contributed by atoms with E-state index in [1.165, 1.54) is 49.7 Å². The summed E-state index contributed by atoms with van der Waals surface area (Å²) in [5, 5.41) is 9.68. The zero-order valence-corrected chi connectivity index (χ0v) is 15.8. The number of carbonyl (C=O) groups is 1. The van der Waals surface area contributed by atoms with Crippen LogP contribution >= 0.6 is 0 Å². The second-order valence-corrected chi connectivity index (χ2v) is 8.76. The molecule has 0 heterocycles. The van der Waals surface area contributed by atoms with Crippen LogP contribution in [0, 0.1) is 17.3 Å². The minimum absolute atomic E-state index is 0.258. The van der Waals surface area contributed by atoms with Crippen molar-refractivity contribution in [2.24, 2.45) is 17.3 Å². The van der Waals surface area contributed by atoms with Gasteiger partial charge in [0.05, 0.1) is 0 Å². The Bertz CT molecular complexity index is 727. The summed E-state index contributed by atoms with van der Waals surface area (Å²) in [6.07, 6.45) is 15.5. The Morgan fingerprint density at radius 2 is 1.88 bits per heavy atom. The number of rotatable bonds is 2. The van der Waals surface area contributed by atoms with Gasteiger partial charge in [0.15, 0.2) is 5.78 Å². The monoisotopic (exact) mass is 350 g/mol. The first kappa shape index (κ1) is 17.6. The molecule has 3 aliphatic rings. The Kier molecular flexibility index (Phi) is 4.77. The number of phenols is 1. The van der Waals surface area contributed by atoms with Crippen molar-refractivity contribution in [3.63, 3.8) is 0 Å². The van der Waals surface area contributed by atoms with E-state index in [4.69, 9.17) is 0 Å². The van der Waals surface area contributed by atoms with Crippen molar-refractivity contribution in [3.05, 3.63) is 53.6 Å². The van der Waals surface area contributed by atoms with E-state index in [0.717, 1.165) is 12.3 Å². The van der Waals surface area contributed by atoms with E-state index in [2.05, 4.69) is 31.2 Å². The molecule has 0 radical (unpaired) electrons. The molecular weight excluding hydrogens is 320 g/mol. The molecule has 0 aromatic heterocycles. The third-order valence-corrected chi connectivity index (χ3v) is 7.11. The highest BCUT2D eigenvalue weighted by Gasteiger charge is 2.56. The van der Waals surface area contributed by atoms with Gasteiger partial charge in [-0.3, -0.25) is 4.79 Å². The number of carbonyl (C=O) groups excluding carboxylic acids is 1. The second-order valence-electron chi connectivity index (χ2n) is 8.76. The predicted octanol–water partition coefficient (Wildman–Crippen LogP) is 5.93. The summed E-state index contributed by atoms with van der Waals surface area (Å²) in [4.78, 5) is 11.8. The smallest absolute Gasteiger partial charge is 0.156 e. The minimum atomic E-state index is 0.258. The average molecular weight is 351 g/mol. The Labute approximate surface area is 157 Å². The number of ketones is 1. The molecule has 2 saturated carbocycles. The van der Waals surface area contributed by atoms with Crippen molar-refractivity contribution < 1.29 is 9.90 Å². The first-order valence-corrected chi connectivity index (χ1v) is 10.3. The van der Waals surface area contributed by atoms with Gasteiger partial charge in [-0.15, -0.1) is 0 Å². The summed E-state index contributed by atoms with van der Waals surface area (Å²) in [6.45, 7) is 2.41. The summed E-state index contributed by atoms with van der Waals surface area (Å²) >= 11 is 0. The fourth-order valence-corrected chi connectivity index (χ4v) is 5.84. The normalized spacial score (nSPS) is 34.7. The molecule has 1 aromatic rings. The molecule has 2 nitrogen and oxygen atoms in total. The molecule has 0 aliphatic heterocycles. The van der Waals surface area contributed by atoms with E-state index in [9.17, 15) is 9.90 Å². The molecule has 4 unspecified atom stereocenters. The summed E-state index contributed by atoms with van der Waals surface area (Å²) < 4.78 is 0. The number of hydrogen-bond donors (Lipinski definition) is 1. The molecule has 4 rings (SSSR count). The van der Waals surface area contributed by atoms with E-state index in [1.807, 2.05) is 12.1 Å². The highest BCUT2D eigenvalue weighted by atomic mass is 16.3. The third-order valence-electron chi connectivity index (χ3n) is 7.11. The van der Waals surface area contributed by atoms with Gasteiger partial charge in [0.2, 0.25) is 0 Å². The standard InChI is InChI=1S/C24H30O2/c1-17-5-2-3-14-24(16-17)22(18-6-4-7-20(25)11-8-18)15-23(24)19-9-12-21(26)13-10-19/h6,8-13,17,22-23,26H,2-5,7,14-16H2,1H3. The lowest BCUT2D eigenvalue weighted by Gasteiger charge is -2.58. The van der Waals surface area contributed by atoms with Gasteiger partial charge in [-0.05, 0) is 78.2 Å². The predicted molar refractivity (Wildman–Crippen MR) is 105 cm³/mol. The van der Waals surface area contributed by atoms with Gasteiger partial charge >= 0.3 is 0 Å². The maximum absolute atomic E-state index is 11.8. The first-order chi connectivity index (χ1) is 12.6. The quantitative estimate of drug-likeness (QED) is 0.718. The van der Waals surface area contributed by atoms with Crippen LogP contribution in [0.3, 0.4) is 0 Å². The van der Waals surface area contributed by atoms with Crippen LogP contribution < -0.4 is 0 Å². The van der Waals surface area contributed by atoms with E-state index in [1.54, 1.807) is 6.08 Å². The van der Waals surface area contributed by atoms with E-state index < -0.39 is 0 Å². The van der Waals surface area contributed by atoms with Crippen LogP contribution in [0.15, 0.2) is 48.1 Å². The largest absolute Gasteiger partial charge is 0.508 e. The number of benzene rings is 1. The van der Waals surface area contributed by atoms with Crippen molar-refractivity contribution in [3.8, 4) is 5.75 Å². The molecule has 1 aromatic carbocycles. The lowest BCUT2D eigenvalue weighted by atomic mass is 9.45. The number of phenolic OH excluding ortho intramolecular Hbond substituents is 1. The van der Waals surface area contributed by atoms with E-state index in [-0.39, 0.29) is 5.78 Å². The van der Waals surface area contributed by atoms with Crippen molar-refractivity contribution in [2.45, 2.75) is 64.2 Å². The van der Waals surface area contributed by atoms with Crippen LogP contribution in [0.2, 0.25) is 0 Å². The zero-order chi connectivity index (χ0) is 18.1. The molecule has 4 atom stereocenters. The SMILES string of the molecule is CC1CCCCC2(C1)C(C1=CCCC(=O)C=C1)CC2c1ccc(O)cc1. The van der Waals surface area contributed by atoms with Crippen LogP contribution in [0.25, 0.3) is 0 Å². The van der Waals surface area contributed by atoms with Crippen LogP contribution in [0.4, 0.5) is 0 Å². The van der Waals surface area contributed by atoms with Crippen LogP contribution in [0.1, 0.15) is 69.8 Å². The Morgan fingerprint density at radius 1 is 1.08 bits per heavy atom. The van der Waals surface area contributed by atoms with E-state index >= 15 is 0 Å². The molecular formula is C24H30O2. The highest BCUT2D eigenvalue weighted by Crippen LogP contribution is 2.66. The molecule has 1 N–H and O–H groups in total. The lowest BCUT2D eigenvalue weighted by Crippen LogP contribution is -2.48.